The molecule has 0 unspecified atom stereocenters. The molecule has 3 rings (SSSR count). The molecule has 2 aromatic carbocycles. The van der Waals surface area contributed by atoms with Crippen LogP contribution in [0.15, 0.2) is 59.5 Å². The molecule has 0 bridgehead atoms. The van der Waals surface area contributed by atoms with Gasteiger partial charge in [0.2, 0.25) is 6.10 Å². The number of amides is 1. The van der Waals surface area contributed by atoms with Crippen molar-refractivity contribution >= 4 is 23.6 Å². The highest BCUT2D eigenvalue weighted by Gasteiger charge is 2.30. The summed E-state index contributed by atoms with van der Waals surface area (Å²) in [4.78, 5) is 28.0. The Morgan fingerprint density at radius 2 is 1.70 bits per heavy atom. The standard InChI is InChI=1S/C21H23NO4S/c1-25-17-9-11-18(12-10-17)27-15-19(23)26-20(16-7-3-2-4-8-16)21(24)22-13-5-6-14-22/h2-4,7-12,20H,5-6,13-15H2,1H3/t20-/m1/s1. The van der Waals surface area contributed by atoms with Gasteiger partial charge < -0.3 is 14.4 Å². The topological polar surface area (TPSA) is 55.8 Å². The molecule has 0 aromatic heterocycles. The number of esters is 1. The summed E-state index contributed by atoms with van der Waals surface area (Å²) in [5, 5.41) is 0. The number of hydrogen-bond acceptors (Lipinski definition) is 5. The number of likely N-dealkylation sites (tertiary alicyclic amines) is 1. The van der Waals surface area contributed by atoms with Crippen LogP contribution >= 0.6 is 11.8 Å². The van der Waals surface area contributed by atoms with E-state index < -0.39 is 12.1 Å². The third-order valence-corrected chi connectivity index (χ3v) is 5.40. The summed E-state index contributed by atoms with van der Waals surface area (Å²) < 4.78 is 10.7. The van der Waals surface area contributed by atoms with Crippen LogP contribution in [0.4, 0.5) is 0 Å². The van der Waals surface area contributed by atoms with Crippen LogP contribution in [0.25, 0.3) is 0 Å². The molecule has 1 aliphatic rings. The van der Waals surface area contributed by atoms with Crippen molar-refractivity contribution in [3.8, 4) is 5.75 Å². The van der Waals surface area contributed by atoms with E-state index in [1.807, 2.05) is 54.6 Å². The first-order valence-electron chi connectivity index (χ1n) is 8.97. The van der Waals surface area contributed by atoms with Crippen molar-refractivity contribution in [1.82, 2.24) is 4.90 Å². The summed E-state index contributed by atoms with van der Waals surface area (Å²) in [6.07, 6.45) is 1.11. The van der Waals surface area contributed by atoms with E-state index in [0.717, 1.165) is 36.6 Å². The molecule has 0 saturated carbocycles. The van der Waals surface area contributed by atoms with E-state index in [2.05, 4.69) is 0 Å². The monoisotopic (exact) mass is 385 g/mol. The Hall–Kier alpha value is -2.47. The molecule has 6 heteroatoms. The maximum Gasteiger partial charge on any atom is 0.317 e. The van der Waals surface area contributed by atoms with Crippen molar-refractivity contribution in [2.75, 3.05) is 26.0 Å². The molecule has 0 radical (unpaired) electrons. The Morgan fingerprint density at radius 1 is 1.04 bits per heavy atom. The van der Waals surface area contributed by atoms with Crippen LogP contribution in [0, 0.1) is 0 Å². The summed E-state index contributed by atoms with van der Waals surface area (Å²) in [6.45, 7) is 1.45. The van der Waals surface area contributed by atoms with E-state index in [1.165, 1.54) is 11.8 Å². The number of benzene rings is 2. The third kappa shape index (κ3) is 5.26. The molecule has 1 fully saturated rings. The third-order valence-electron chi connectivity index (χ3n) is 4.41. The largest absolute Gasteiger partial charge is 0.497 e. The molecule has 1 atom stereocenters. The second-order valence-electron chi connectivity index (χ2n) is 6.28. The summed E-state index contributed by atoms with van der Waals surface area (Å²) in [6, 6.07) is 16.7. The Balaban J connectivity index is 1.63. The molecule has 5 nitrogen and oxygen atoms in total. The quantitative estimate of drug-likeness (QED) is 0.537. The Bertz CT molecular complexity index is 758. The maximum atomic E-state index is 12.9. The minimum Gasteiger partial charge on any atom is -0.497 e. The normalized spacial score (nSPS) is 14.6. The van der Waals surface area contributed by atoms with Gasteiger partial charge in [-0.15, -0.1) is 11.8 Å². The first-order valence-corrected chi connectivity index (χ1v) is 9.96. The van der Waals surface area contributed by atoms with E-state index >= 15 is 0 Å². The predicted octanol–water partition coefficient (Wildman–Crippen LogP) is 3.69. The fourth-order valence-electron chi connectivity index (χ4n) is 2.97. The number of hydrogen-bond donors (Lipinski definition) is 0. The lowest BCUT2D eigenvalue weighted by atomic mass is 10.1. The highest BCUT2D eigenvalue weighted by atomic mass is 32.2. The minimum atomic E-state index is -0.881. The molecule has 1 aliphatic heterocycles. The average Bonchev–Trinajstić information content (AvgIpc) is 3.26. The smallest absolute Gasteiger partial charge is 0.317 e. The maximum absolute atomic E-state index is 12.9. The van der Waals surface area contributed by atoms with Gasteiger partial charge in [-0.25, -0.2) is 0 Å². The number of thioether (sulfide) groups is 1. The van der Waals surface area contributed by atoms with Gasteiger partial charge in [0, 0.05) is 23.5 Å². The lowest BCUT2D eigenvalue weighted by molar-refractivity contribution is -0.158. The zero-order valence-corrected chi connectivity index (χ0v) is 16.1. The van der Waals surface area contributed by atoms with Crippen molar-refractivity contribution in [1.29, 1.82) is 0 Å². The Kier molecular flexibility index (Phi) is 6.76. The summed E-state index contributed by atoms with van der Waals surface area (Å²) in [7, 11) is 1.61. The van der Waals surface area contributed by atoms with Crippen LogP contribution in [0.3, 0.4) is 0 Å². The van der Waals surface area contributed by atoms with Crippen molar-refractivity contribution in [3.63, 3.8) is 0 Å². The van der Waals surface area contributed by atoms with Crippen molar-refractivity contribution < 1.29 is 19.1 Å². The van der Waals surface area contributed by atoms with Crippen molar-refractivity contribution in [2.24, 2.45) is 0 Å². The molecule has 1 heterocycles. The van der Waals surface area contributed by atoms with Gasteiger partial charge in [0.05, 0.1) is 12.9 Å². The molecular weight excluding hydrogens is 362 g/mol. The van der Waals surface area contributed by atoms with Gasteiger partial charge in [-0.2, -0.15) is 0 Å². The summed E-state index contributed by atoms with van der Waals surface area (Å²) in [5.41, 5.74) is 0.706. The molecule has 0 spiro atoms. The van der Waals surface area contributed by atoms with Crippen LogP contribution < -0.4 is 4.74 Å². The SMILES string of the molecule is COc1ccc(SCC(=O)O[C@@H](C(=O)N2CCCC2)c2ccccc2)cc1. The Morgan fingerprint density at radius 3 is 2.33 bits per heavy atom. The number of ether oxygens (including phenoxy) is 2. The predicted molar refractivity (Wildman–Crippen MR) is 105 cm³/mol. The van der Waals surface area contributed by atoms with E-state index in [1.54, 1.807) is 12.0 Å². The van der Waals surface area contributed by atoms with Crippen LogP contribution in [-0.2, 0) is 14.3 Å². The van der Waals surface area contributed by atoms with Crippen LogP contribution in [0.2, 0.25) is 0 Å². The highest BCUT2D eigenvalue weighted by molar-refractivity contribution is 8.00. The van der Waals surface area contributed by atoms with Crippen LogP contribution in [-0.4, -0.2) is 42.7 Å². The molecule has 0 N–H and O–H groups in total. The molecule has 142 valence electrons. The zero-order chi connectivity index (χ0) is 19.1. The number of rotatable bonds is 7. The lowest BCUT2D eigenvalue weighted by Gasteiger charge is -2.23. The van der Waals surface area contributed by atoms with Crippen molar-refractivity contribution in [3.05, 3.63) is 60.2 Å². The van der Waals surface area contributed by atoms with Crippen LogP contribution in [0.1, 0.15) is 24.5 Å². The number of methoxy groups -OCH3 is 1. The summed E-state index contributed by atoms with van der Waals surface area (Å²) >= 11 is 1.37. The van der Waals surface area contributed by atoms with Gasteiger partial charge in [0.1, 0.15) is 5.75 Å². The van der Waals surface area contributed by atoms with Gasteiger partial charge in [-0.3, -0.25) is 9.59 Å². The van der Waals surface area contributed by atoms with Gasteiger partial charge in [0.15, 0.2) is 0 Å². The molecule has 2 aromatic rings. The number of carbonyl (C=O) groups excluding carboxylic acids is 2. The molecule has 1 saturated heterocycles. The average molecular weight is 385 g/mol. The zero-order valence-electron chi connectivity index (χ0n) is 15.3. The molecule has 27 heavy (non-hydrogen) atoms. The molecule has 1 amide bonds. The lowest BCUT2D eigenvalue weighted by Crippen LogP contribution is -2.35. The fraction of sp³-hybridized carbons (Fsp3) is 0.333. The van der Waals surface area contributed by atoms with E-state index in [9.17, 15) is 9.59 Å². The second kappa shape index (κ2) is 9.46. The van der Waals surface area contributed by atoms with Crippen molar-refractivity contribution in [2.45, 2.75) is 23.8 Å². The highest BCUT2D eigenvalue weighted by Crippen LogP contribution is 2.25. The van der Waals surface area contributed by atoms with E-state index in [4.69, 9.17) is 9.47 Å². The molecular formula is C21H23NO4S. The molecule has 0 aliphatic carbocycles. The second-order valence-corrected chi connectivity index (χ2v) is 7.33. The first-order chi connectivity index (χ1) is 13.2. The van der Waals surface area contributed by atoms with Gasteiger partial charge >= 0.3 is 5.97 Å². The number of carbonyl (C=O) groups is 2. The number of nitrogens with zero attached hydrogens (tertiary/aromatic N) is 1. The minimum absolute atomic E-state index is 0.138. The van der Waals surface area contributed by atoms with Crippen LogP contribution in [0.5, 0.6) is 5.75 Å². The van der Waals surface area contributed by atoms with Gasteiger partial charge in [0.25, 0.3) is 5.91 Å². The van der Waals surface area contributed by atoms with Gasteiger partial charge in [-0.1, -0.05) is 30.3 Å². The van der Waals surface area contributed by atoms with E-state index in [-0.39, 0.29) is 11.7 Å². The summed E-state index contributed by atoms with van der Waals surface area (Å²) in [5.74, 6) is 0.365. The first kappa shape index (κ1) is 19.3. The Labute approximate surface area is 163 Å². The van der Waals surface area contributed by atoms with E-state index in [0.29, 0.717) is 5.56 Å². The fourth-order valence-corrected chi connectivity index (χ4v) is 3.65. The van der Waals surface area contributed by atoms with Gasteiger partial charge in [-0.05, 0) is 37.1 Å².